The van der Waals surface area contributed by atoms with Crippen molar-refractivity contribution in [1.82, 2.24) is 14.8 Å². The number of carbonyl (C=O) groups excluding carboxylic acids is 1. The third kappa shape index (κ3) is 3.26. The number of aromatic nitrogens is 3. The molecular formula is C17H15FN4O. The molecule has 0 saturated carbocycles. The van der Waals surface area contributed by atoms with Gasteiger partial charge in [0, 0.05) is 11.3 Å². The average Bonchev–Trinajstić information content (AvgIpc) is 2.88. The van der Waals surface area contributed by atoms with E-state index in [-0.39, 0.29) is 5.91 Å². The molecule has 1 aromatic carbocycles. The fraction of sp³-hybridized carbons (Fsp3) is 0.118. The first kappa shape index (κ1) is 14.9. The molecule has 2 aromatic heterocycles. The van der Waals surface area contributed by atoms with Crippen LogP contribution in [0.5, 0.6) is 0 Å². The van der Waals surface area contributed by atoms with Gasteiger partial charge in [0.25, 0.3) is 5.91 Å². The smallest absolute Gasteiger partial charge is 0.256 e. The van der Waals surface area contributed by atoms with Gasteiger partial charge >= 0.3 is 0 Å². The number of hydrogen-bond donors (Lipinski definition) is 1. The Bertz CT molecular complexity index is 838. The summed E-state index contributed by atoms with van der Waals surface area (Å²) in [5.74, 6) is -0.444. The zero-order chi connectivity index (χ0) is 16.4. The van der Waals surface area contributed by atoms with Crippen molar-refractivity contribution >= 4 is 11.7 Å². The molecule has 23 heavy (non-hydrogen) atoms. The molecule has 0 fully saturated rings. The van der Waals surface area contributed by atoms with E-state index < -0.39 is 5.82 Å². The van der Waals surface area contributed by atoms with Crippen molar-refractivity contribution < 1.29 is 9.18 Å². The van der Waals surface area contributed by atoms with E-state index in [0.29, 0.717) is 11.4 Å². The summed E-state index contributed by atoms with van der Waals surface area (Å²) in [4.78, 5) is 16.0. The van der Waals surface area contributed by atoms with Gasteiger partial charge in [0.05, 0.1) is 17.6 Å². The number of anilines is 1. The Labute approximate surface area is 132 Å². The van der Waals surface area contributed by atoms with Crippen molar-refractivity contribution in [3.8, 4) is 5.69 Å². The Kier molecular flexibility index (Phi) is 3.89. The van der Waals surface area contributed by atoms with E-state index in [9.17, 15) is 9.18 Å². The van der Waals surface area contributed by atoms with Gasteiger partial charge in [0.15, 0.2) is 0 Å². The van der Waals surface area contributed by atoms with Crippen LogP contribution in [0.4, 0.5) is 10.2 Å². The van der Waals surface area contributed by atoms with Gasteiger partial charge in [-0.05, 0) is 56.3 Å². The zero-order valence-electron chi connectivity index (χ0n) is 12.7. The molecule has 0 atom stereocenters. The van der Waals surface area contributed by atoms with E-state index >= 15 is 0 Å². The molecule has 0 aliphatic heterocycles. The van der Waals surface area contributed by atoms with Crippen LogP contribution in [0.2, 0.25) is 0 Å². The first-order valence-electron chi connectivity index (χ1n) is 7.09. The Morgan fingerprint density at radius 2 is 1.87 bits per heavy atom. The molecule has 3 aromatic rings. The van der Waals surface area contributed by atoms with E-state index in [0.717, 1.165) is 23.3 Å². The van der Waals surface area contributed by atoms with Gasteiger partial charge in [-0.3, -0.25) is 4.79 Å². The highest BCUT2D eigenvalue weighted by atomic mass is 19.1. The maximum absolute atomic E-state index is 12.8. The van der Waals surface area contributed by atoms with Gasteiger partial charge in [-0.1, -0.05) is 0 Å². The van der Waals surface area contributed by atoms with Crippen LogP contribution in [-0.2, 0) is 0 Å². The minimum absolute atomic E-state index is 0.302. The summed E-state index contributed by atoms with van der Waals surface area (Å²) in [5, 5.41) is 7.02. The summed E-state index contributed by atoms with van der Waals surface area (Å²) in [6.07, 6.45) is 1.06. The molecule has 6 heteroatoms. The maximum atomic E-state index is 12.8. The topological polar surface area (TPSA) is 59.8 Å². The number of rotatable bonds is 3. The van der Waals surface area contributed by atoms with Crippen molar-refractivity contribution in [1.29, 1.82) is 0 Å². The molecule has 3 rings (SSSR count). The number of amides is 1. The molecule has 5 nitrogen and oxygen atoms in total. The van der Waals surface area contributed by atoms with E-state index in [1.165, 1.54) is 12.1 Å². The molecule has 0 unspecified atom stereocenters. The molecule has 0 saturated heterocycles. The summed E-state index contributed by atoms with van der Waals surface area (Å²) >= 11 is 0. The Balaban J connectivity index is 1.77. The van der Waals surface area contributed by atoms with Crippen molar-refractivity contribution in [2.45, 2.75) is 13.8 Å². The van der Waals surface area contributed by atoms with Crippen LogP contribution >= 0.6 is 0 Å². The van der Waals surface area contributed by atoms with Crippen LogP contribution < -0.4 is 5.32 Å². The van der Waals surface area contributed by atoms with Gasteiger partial charge in [0.2, 0.25) is 0 Å². The Morgan fingerprint density at radius 3 is 2.43 bits per heavy atom. The highest BCUT2D eigenvalue weighted by Gasteiger charge is 2.09. The monoisotopic (exact) mass is 310 g/mol. The van der Waals surface area contributed by atoms with Crippen LogP contribution in [0.3, 0.4) is 0 Å². The van der Waals surface area contributed by atoms with Crippen LogP contribution in [0, 0.1) is 19.7 Å². The van der Waals surface area contributed by atoms with Gasteiger partial charge in [-0.2, -0.15) is 5.10 Å². The second-order valence-electron chi connectivity index (χ2n) is 5.20. The number of benzene rings is 1. The molecule has 2 heterocycles. The minimum Gasteiger partial charge on any atom is -0.307 e. The maximum Gasteiger partial charge on any atom is 0.256 e. The summed E-state index contributed by atoms with van der Waals surface area (Å²) in [5.41, 5.74) is 3.33. The molecule has 0 bridgehead atoms. The molecule has 1 N–H and O–H groups in total. The quantitative estimate of drug-likeness (QED) is 0.807. The number of hydrogen-bond acceptors (Lipinski definition) is 3. The summed E-state index contributed by atoms with van der Waals surface area (Å²) < 4.78 is 14.6. The first-order valence-corrected chi connectivity index (χ1v) is 7.09. The Hall–Kier alpha value is -3.02. The molecule has 0 spiro atoms. The predicted octanol–water partition coefficient (Wildman–Crippen LogP) is 3.28. The van der Waals surface area contributed by atoms with Gasteiger partial charge < -0.3 is 5.32 Å². The summed E-state index contributed by atoms with van der Waals surface area (Å²) in [7, 11) is 0. The fourth-order valence-corrected chi connectivity index (χ4v) is 2.28. The van der Waals surface area contributed by atoms with Crippen molar-refractivity contribution in [2.75, 3.05) is 5.32 Å². The van der Waals surface area contributed by atoms with Crippen LogP contribution in [-0.4, -0.2) is 20.7 Å². The molecule has 0 aliphatic carbocycles. The van der Waals surface area contributed by atoms with Crippen LogP contribution in [0.1, 0.15) is 21.7 Å². The third-order valence-electron chi connectivity index (χ3n) is 3.35. The first-order chi connectivity index (χ1) is 11.0. The standard InChI is InChI=1S/C17H15FN4O/c1-11-9-12(2)22(21-11)15-6-3-13(4-7-15)17(23)20-16-8-5-14(18)10-19-16/h3-10H,1-2H3,(H,19,20,23). The second-order valence-corrected chi connectivity index (χ2v) is 5.20. The average molecular weight is 310 g/mol. The number of pyridine rings is 1. The minimum atomic E-state index is -0.447. The zero-order valence-corrected chi connectivity index (χ0v) is 12.7. The highest BCUT2D eigenvalue weighted by Crippen LogP contribution is 2.14. The number of carbonyl (C=O) groups is 1. The summed E-state index contributed by atoms with van der Waals surface area (Å²) in [6.45, 7) is 3.90. The highest BCUT2D eigenvalue weighted by molar-refractivity contribution is 6.03. The summed E-state index contributed by atoms with van der Waals surface area (Å²) in [6, 6.07) is 11.7. The molecular weight excluding hydrogens is 295 g/mol. The number of aryl methyl sites for hydroxylation is 2. The van der Waals surface area contributed by atoms with Crippen LogP contribution in [0.25, 0.3) is 5.69 Å². The van der Waals surface area contributed by atoms with Gasteiger partial charge in [-0.25, -0.2) is 14.1 Å². The molecule has 1 amide bonds. The van der Waals surface area contributed by atoms with Crippen molar-refractivity contribution in [2.24, 2.45) is 0 Å². The van der Waals surface area contributed by atoms with E-state index in [4.69, 9.17) is 0 Å². The lowest BCUT2D eigenvalue weighted by atomic mass is 10.2. The lowest BCUT2D eigenvalue weighted by Crippen LogP contribution is -2.13. The van der Waals surface area contributed by atoms with E-state index in [2.05, 4.69) is 15.4 Å². The fourth-order valence-electron chi connectivity index (χ4n) is 2.28. The lowest BCUT2D eigenvalue weighted by molar-refractivity contribution is 0.102. The molecule has 0 radical (unpaired) electrons. The normalized spacial score (nSPS) is 10.6. The van der Waals surface area contributed by atoms with Gasteiger partial charge in [0.1, 0.15) is 11.6 Å². The van der Waals surface area contributed by atoms with Crippen LogP contribution in [0.15, 0.2) is 48.7 Å². The molecule has 0 aliphatic rings. The number of halogens is 1. The number of nitrogens with zero attached hydrogens (tertiary/aromatic N) is 3. The van der Waals surface area contributed by atoms with E-state index in [1.54, 1.807) is 12.1 Å². The predicted molar refractivity (Wildman–Crippen MR) is 85.2 cm³/mol. The van der Waals surface area contributed by atoms with E-state index in [1.807, 2.05) is 36.7 Å². The SMILES string of the molecule is Cc1cc(C)n(-c2ccc(C(=O)Nc3ccc(F)cn3)cc2)n1. The Morgan fingerprint density at radius 1 is 1.13 bits per heavy atom. The van der Waals surface area contributed by atoms with Crippen molar-refractivity contribution in [3.63, 3.8) is 0 Å². The lowest BCUT2D eigenvalue weighted by Gasteiger charge is -2.07. The molecule has 116 valence electrons. The largest absolute Gasteiger partial charge is 0.307 e. The second kappa shape index (κ2) is 6.00. The van der Waals surface area contributed by atoms with Crippen molar-refractivity contribution in [3.05, 3.63) is 71.4 Å². The number of nitrogens with one attached hydrogen (secondary N) is 1. The third-order valence-corrected chi connectivity index (χ3v) is 3.35. The van der Waals surface area contributed by atoms with Gasteiger partial charge in [-0.15, -0.1) is 0 Å².